The molecule has 0 aromatic carbocycles. The van der Waals surface area contributed by atoms with Crippen LogP contribution in [0.25, 0.3) is 0 Å². The van der Waals surface area contributed by atoms with Gasteiger partial charge in [-0.25, -0.2) is 9.78 Å². The fourth-order valence-electron chi connectivity index (χ4n) is 4.92. The van der Waals surface area contributed by atoms with E-state index in [1.165, 1.54) is 103 Å². The lowest BCUT2D eigenvalue weighted by Crippen LogP contribution is -2.49. The summed E-state index contributed by atoms with van der Waals surface area (Å²) in [4.78, 5) is 13.0. The van der Waals surface area contributed by atoms with Crippen molar-refractivity contribution >= 4 is 0 Å². The highest BCUT2D eigenvalue weighted by atomic mass is 17.2. The minimum Gasteiger partial charge on any atom is -0.230 e. The van der Waals surface area contributed by atoms with Crippen LogP contribution in [0.2, 0.25) is 0 Å². The average molecular weight is 455 g/mol. The van der Waals surface area contributed by atoms with Gasteiger partial charge in [-0.05, 0) is 64.2 Å². The summed E-state index contributed by atoms with van der Waals surface area (Å²) in [5, 5.41) is 0. The molecule has 0 aliphatic rings. The first-order chi connectivity index (χ1) is 14.9. The molecule has 2 heteroatoms. The van der Waals surface area contributed by atoms with E-state index in [2.05, 4.69) is 69.2 Å². The fraction of sp³-hybridized carbons (Fsp3) is 1.00. The smallest absolute Gasteiger partial charge is 0.103 e. The molecular weight excluding hydrogens is 392 g/mol. The van der Waals surface area contributed by atoms with Crippen LogP contribution < -0.4 is 0 Å². The Labute approximate surface area is 203 Å². The second kappa shape index (κ2) is 15.8. The van der Waals surface area contributed by atoms with Crippen LogP contribution in [-0.2, 0) is 9.78 Å². The Morgan fingerprint density at radius 2 is 0.594 bits per heavy atom. The lowest BCUT2D eigenvalue weighted by Gasteiger charge is -2.48. The Bertz CT molecular complexity index is 390. The van der Waals surface area contributed by atoms with E-state index in [0.717, 1.165) is 0 Å². The largest absolute Gasteiger partial charge is 0.230 e. The first-order valence-electron chi connectivity index (χ1n) is 14.3. The Morgan fingerprint density at radius 3 is 0.781 bits per heavy atom. The highest BCUT2D eigenvalue weighted by Gasteiger charge is 2.47. The van der Waals surface area contributed by atoms with Crippen molar-refractivity contribution in [3.8, 4) is 0 Å². The molecule has 0 unspecified atom stereocenters. The number of unbranched alkanes of at least 4 members (excludes halogenated alkanes) is 8. The molecule has 0 rings (SSSR count). The molecule has 0 spiro atoms. The van der Waals surface area contributed by atoms with Crippen molar-refractivity contribution in [1.82, 2.24) is 0 Å². The van der Waals surface area contributed by atoms with Gasteiger partial charge in [0.05, 0.1) is 0 Å². The molecule has 0 bridgehead atoms. The van der Waals surface area contributed by atoms with Crippen LogP contribution in [0.1, 0.15) is 172 Å². The maximum absolute atomic E-state index is 6.48. The Hall–Kier alpha value is -0.0800. The van der Waals surface area contributed by atoms with E-state index in [1.54, 1.807) is 0 Å². The standard InChI is InChI=1S/C30H62O2/c1-11-15-19-23-29(9,24-20-16-12-2)27(5,6)31-32-28(7,8)30(10,25-21-17-13-3)26-22-18-14-4/h11-26H2,1-10H3. The van der Waals surface area contributed by atoms with Gasteiger partial charge in [-0.3, -0.25) is 0 Å². The van der Waals surface area contributed by atoms with Crippen molar-refractivity contribution in [2.75, 3.05) is 0 Å². The highest BCUT2D eigenvalue weighted by Crippen LogP contribution is 2.47. The van der Waals surface area contributed by atoms with Gasteiger partial charge in [-0.15, -0.1) is 0 Å². The summed E-state index contributed by atoms with van der Waals surface area (Å²) in [7, 11) is 0. The van der Waals surface area contributed by atoms with Gasteiger partial charge in [0, 0.05) is 0 Å². The summed E-state index contributed by atoms with van der Waals surface area (Å²) in [6.45, 7) is 23.1. The molecule has 0 saturated carbocycles. The summed E-state index contributed by atoms with van der Waals surface area (Å²) < 4.78 is 0. The second-order valence-electron chi connectivity index (χ2n) is 12.1. The maximum Gasteiger partial charge on any atom is 0.103 e. The number of hydrogen-bond acceptors (Lipinski definition) is 2. The molecule has 0 aliphatic carbocycles. The number of hydrogen-bond donors (Lipinski definition) is 0. The molecular formula is C30H62O2. The predicted molar refractivity (Wildman–Crippen MR) is 143 cm³/mol. The molecule has 0 amide bonds. The quantitative estimate of drug-likeness (QED) is 0.0975. The van der Waals surface area contributed by atoms with Gasteiger partial charge in [0.1, 0.15) is 11.2 Å². The lowest BCUT2D eigenvalue weighted by molar-refractivity contribution is -0.436. The second-order valence-corrected chi connectivity index (χ2v) is 12.1. The first-order valence-corrected chi connectivity index (χ1v) is 14.3. The van der Waals surface area contributed by atoms with E-state index in [4.69, 9.17) is 9.78 Å². The summed E-state index contributed by atoms with van der Waals surface area (Å²) in [6.07, 6.45) is 20.3. The maximum atomic E-state index is 6.48. The first kappa shape index (κ1) is 31.9. The third kappa shape index (κ3) is 10.5. The zero-order chi connectivity index (χ0) is 24.7. The van der Waals surface area contributed by atoms with E-state index in [1.807, 2.05) is 0 Å². The van der Waals surface area contributed by atoms with Gasteiger partial charge in [0.15, 0.2) is 0 Å². The fourth-order valence-corrected chi connectivity index (χ4v) is 4.92. The van der Waals surface area contributed by atoms with Crippen molar-refractivity contribution in [2.24, 2.45) is 10.8 Å². The van der Waals surface area contributed by atoms with Crippen LogP contribution in [0.5, 0.6) is 0 Å². The Balaban J connectivity index is 5.42. The topological polar surface area (TPSA) is 18.5 Å². The molecule has 0 N–H and O–H groups in total. The number of rotatable bonds is 21. The molecule has 0 aromatic heterocycles. The van der Waals surface area contributed by atoms with Crippen LogP contribution in [0.4, 0.5) is 0 Å². The third-order valence-corrected chi connectivity index (χ3v) is 8.69. The van der Waals surface area contributed by atoms with E-state index >= 15 is 0 Å². The van der Waals surface area contributed by atoms with E-state index in [-0.39, 0.29) is 22.0 Å². The van der Waals surface area contributed by atoms with Crippen molar-refractivity contribution in [3.63, 3.8) is 0 Å². The average Bonchev–Trinajstić information content (AvgIpc) is 2.73. The van der Waals surface area contributed by atoms with Crippen LogP contribution in [0, 0.1) is 10.8 Å². The van der Waals surface area contributed by atoms with E-state index in [9.17, 15) is 0 Å². The van der Waals surface area contributed by atoms with Gasteiger partial charge in [0.2, 0.25) is 0 Å². The lowest BCUT2D eigenvalue weighted by atomic mass is 9.68. The van der Waals surface area contributed by atoms with Crippen LogP contribution >= 0.6 is 0 Å². The summed E-state index contributed by atoms with van der Waals surface area (Å²) in [5.74, 6) is 0. The Kier molecular flexibility index (Phi) is 15.7. The van der Waals surface area contributed by atoms with Crippen molar-refractivity contribution in [1.29, 1.82) is 0 Å². The SMILES string of the molecule is CCCCCC(C)(CCCCC)C(C)(C)OOC(C)(C)C(C)(CCCCC)CCCCC. The van der Waals surface area contributed by atoms with Gasteiger partial charge < -0.3 is 0 Å². The molecule has 194 valence electrons. The molecule has 0 saturated heterocycles. The summed E-state index contributed by atoms with van der Waals surface area (Å²) in [6, 6.07) is 0. The van der Waals surface area contributed by atoms with Crippen LogP contribution in [0.15, 0.2) is 0 Å². The zero-order valence-corrected chi connectivity index (χ0v) is 24.1. The molecule has 0 aliphatic heterocycles. The molecule has 0 radical (unpaired) electrons. The molecule has 0 fully saturated rings. The van der Waals surface area contributed by atoms with Gasteiger partial charge >= 0.3 is 0 Å². The monoisotopic (exact) mass is 454 g/mol. The Morgan fingerprint density at radius 1 is 0.375 bits per heavy atom. The highest BCUT2D eigenvalue weighted by molar-refractivity contribution is 4.93. The van der Waals surface area contributed by atoms with Gasteiger partial charge in [-0.2, -0.15) is 0 Å². The van der Waals surface area contributed by atoms with Crippen LogP contribution in [0.3, 0.4) is 0 Å². The van der Waals surface area contributed by atoms with Crippen molar-refractivity contribution in [3.05, 3.63) is 0 Å². The van der Waals surface area contributed by atoms with E-state index in [0.29, 0.717) is 0 Å². The molecule has 2 nitrogen and oxygen atoms in total. The zero-order valence-electron chi connectivity index (χ0n) is 24.1. The van der Waals surface area contributed by atoms with Crippen molar-refractivity contribution in [2.45, 2.75) is 183 Å². The summed E-state index contributed by atoms with van der Waals surface area (Å²) >= 11 is 0. The van der Waals surface area contributed by atoms with Crippen LogP contribution in [-0.4, -0.2) is 11.2 Å². The normalized spacial score (nSPS) is 13.7. The summed E-state index contributed by atoms with van der Waals surface area (Å²) in [5.41, 5.74) is -0.346. The molecule has 0 heterocycles. The van der Waals surface area contributed by atoms with Gasteiger partial charge in [-0.1, -0.05) is 119 Å². The minimum absolute atomic E-state index is 0.133. The van der Waals surface area contributed by atoms with E-state index < -0.39 is 0 Å². The molecule has 0 atom stereocenters. The molecule has 32 heavy (non-hydrogen) atoms. The third-order valence-electron chi connectivity index (χ3n) is 8.69. The predicted octanol–water partition coefficient (Wildman–Crippen LogP) is 10.8. The van der Waals surface area contributed by atoms with Gasteiger partial charge in [0.25, 0.3) is 0 Å². The van der Waals surface area contributed by atoms with Crippen molar-refractivity contribution < 1.29 is 9.78 Å². The molecule has 0 aromatic rings. The minimum atomic E-state index is -0.306.